The Bertz CT molecular complexity index is 1640. The average Bonchev–Trinajstić information content (AvgIpc) is 3.56. The fraction of sp³-hybridized carbons (Fsp3) is 0.273. The number of para-hydroxylation sites is 1. The van der Waals surface area contributed by atoms with Gasteiger partial charge >= 0.3 is 6.03 Å². The van der Waals surface area contributed by atoms with E-state index in [1.807, 2.05) is 90.7 Å². The Kier molecular flexibility index (Phi) is 8.22. The van der Waals surface area contributed by atoms with Crippen LogP contribution in [0.4, 0.5) is 4.79 Å². The summed E-state index contributed by atoms with van der Waals surface area (Å²) >= 11 is 1.63. The van der Waals surface area contributed by atoms with Gasteiger partial charge in [0, 0.05) is 19.5 Å². The number of hydrazine groups is 1. The van der Waals surface area contributed by atoms with E-state index in [9.17, 15) is 14.4 Å². The maximum Gasteiger partial charge on any atom is 0.332 e. The molecular formula is C33H34N6O3S. The first-order chi connectivity index (χ1) is 20.9. The lowest BCUT2D eigenvalue weighted by Crippen LogP contribution is -2.66. The highest BCUT2D eigenvalue weighted by Gasteiger charge is 2.52. The molecule has 3 heterocycles. The van der Waals surface area contributed by atoms with Crippen molar-refractivity contribution in [2.24, 2.45) is 0 Å². The molecule has 6 rings (SSSR count). The smallest absolute Gasteiger partial charge is 0.332 e. The van der Waals surface area contributed by atoms with Crippen molar-refractivity contribution in [2.75, 3.05) is 19.6 Å². The fourth-order valence-electron chi connectivity index (χ4n) is 5.97. The summed E-state index contributed by atoms with van der Waals surface area (Å²) in [6, 6.07) is 24.4. The zero-order valence-electron chi connectivity index (χ0n) is 24.1. The van der Waals surface area contributed by atoms with E-state index < -0.39 is 12.2 Å². The van der Waals surface area contributed by atoms with Gasteiger partial charge in [0.2, 0.25) is 11.8 Å². The van der Waals surface area contributed by atoms with Gasteiger partial charge < -0.3 is 15.1 Å². The van der Waals surface area contributed by atoms with Gasteiger partial charge in [0.25, 0.3) is 0 Å². The molecular weight excluding hydrogens is 560 g/mol. The van der Waals surface area contributed by atoms with Crippen molar-refractivity contribution < 1.29 is 14.4 Å². The third kappa shape index (κ3) is 5.89. The third-order valence-corrected chi connectivity index (χ3v) is 8.88. The number of benzene rings is 3. The fourth-order valence-corrected chi connectivity index (χ4v) is 6.84. The quantitative estimate of drug-likeness (QED) is 0.291. The number of carbonyl (C=O) groups is 3. The van der Waals surface area contributed by atoms with Crippen LogP contribution in [0.5, 0.6) is 0 Å². The number of aryl methyl sites for hydroxylation is 1. The van der Waals surface area contributed by atoms with Gasteiger partial charge in [0.05, 0.1) is 34.9 Å². The first-order valence-corrected chi connectivity index (χ1v) is 15.2. The van der Waals surface area contributed by atoms with Crippen molar-refractivity contribution in [1.82, 2.24) is 30.1 Å². The van der Waals surface area contributed by atoms with Gasteiger partial charge in [-0.15, -0.1) is 17.9 Å². The van der Waals surface area contributed by atoms with Gasteiger partial charge in [-0.25, -0.2) is 9.78 Å². The van der Waals surface area contributed by atoms with Crippen LogP contribution in [0.3, 0.4) is 0 Å². The zero-order valence-corrected chi connectivity index (χ0v) is 24.9. The number of piperazine rings is 1. The van der Waals surface area contributed by atoms with Crippen molar-refractivity contribution in [3.8, 4) is 0 Å². The molecule has 43 heavy (non-hydrogen) atoms. The highest BCUT2D eigenvalue weighted by Crippen LogP contribution is 2.32. The molecule has 4 aromatic rings. The SMILES string of the molecule is C=CCN(C(=O)NCc1ccccc1)N1CC(=O)N2[C@@H](Cc3ccccc3)C(=O)N(Cc3cccc4sc(C)nc34)C[C@@H]21. The van der Waals surface area contributed by atoms with E-state index in [1.54, 1.807) is 27.3 Å². The van der Waals surface area contributed by atoms with Crippen molar-refractivity contribution >= 4 is 39.4 Å². The zero-order chi connectivity index (χ0) is 29.9. The molecule has 2 atom stereocenters. The number of urea groups is 1. The maximum absolute atomic E-state index is 14.1. The number of hydrogen-bond donors (Lipinski definition) is 1. The van der Waals surface area contributed by atoms with Gasteiger partial charge in [-0.1, -0.05) is 78.9 Å². The number of thiazole rings is 1. The molecule has 220 valence electrons. The molecule has 3 aromatic carbocycles. The highest BCUT2D eigenvalue weighted by molar-refractivity contribution is 7.18. The Morgan fingerprint density at radius 3 is 2.49 bits per heavy atom. The molecule has 0 radical (unpaired) electrons. The third-order valence-electron chi connectivity index (χ3n) is 7.94. The number of nitrogens with zero attached hydrogens (tertiary/aromatic N) is 5. The van der Waals surface area contributed by atoms with Crippen LogP contribution in [0.25, 0.3) is 10.2 Å². The van der Waals surface area contributed by atoms with Crippen molar-refractivity contribution in [1.29, 1.82) is 0 Å². The Morgan fingerprint density at radius 1 is 1.05 bits per heavy atom. The van der Waals surface area contributed by atoms with Crippen LogP contribution in [0.1, 0.15) is 21.7 Å². The Morgan fingerprint density at radius 2 is 1.77 bits per heavy atom. The number of carbonyl (C=O) groups excluding carboxylic acids is 3. The van der Waals surface area contributed by atoms with Crippen molar-refractivity contribution in [3.05, 3.63) is 113 Å². The number of hydrogen-bond acceptors (Lipinski definition) is 6. The number of nitrogens with one attached hydrogen (secondary N) is 1. The summed E-state index contributed by atoms with van der Waals surface area (Å²) in [4.78, 5) is 49.6. The predicted octanol–water partition coefficient (Wildman–Crippen LogP) is 4.34. The largest absolute Gasteiger partial charge is 0.333 e. The molecule has 0 unspecified atom stereocenters. The standard InChI is InChI=1S/C33H34N6O3S/c1-3-17-37(33(42)34-19-25-13-8-5-9-14-25)38-22-30(40)39-27(18-24-11-6-4-7-12-24)32(41)36(21-29(38)39)20-26-15-10-16-28-31(26)35-23(2)43-28/h3-16,27,29H,1,17-22H2,2H3,(H,34,42)/t27-,29+/m0/s1. The van der Waals surface area contributed by atoms with E-state index in [2.05, 4.69) is 11.9 Å². The van der Waals surface area contributed by atoms with Crippen molar-refractivity contribution in [3.63, 3.8) is 0 Å². The molecule has 1 aromatic heterocycles. The van der Waals surface area contributed by atoms with Crippen LogP contribution in [-0.2, 0) is 29.1 Å². The van der Waals surface area contributed by atoms with Crippen LogP contribution in [0.15, 0.2) is 91.5 Å². The van der Waals surface area contributed by atoms with Gasteiger partial charge in [-0.05, 0) is 29.7 Å². The van der Waals surface area contributed by atoms with Crippen LogP contribution in [-0.4, -0.2) is 74.5 Å². The summed E-state index contributed by atoms with van der Waals surface area (Å²) < 4.78 is 1.08. The molecule has 0 aliphatic carbocycles. The van der Waals surface area contributed by atoms with E-state index in [-0.39, 0.29) is 37.5 Å². The molecule has 4 amide bonds. The van der Waals surface area contributed by atoms with Crippen LogP contribution < -0.4 is 5.32 Å². The molecule has 2 fully saturated rings. The molecule has 2 aliphatic heterocycles. The summed E-state index contributed by atoms with van der Waals surface area (Å²) in [5.74, 6) is -0.288. The van der Waals surface area contributed by atoms with Crippen LogP contribution in [0.2, 0.25) is 0 Å². The monoisotopic (exact) mass is 594 g/mol. The lowest BCUT2D eigenvalue weighted by Gasteiger charge is -2.46. The van der Waals surface area contributed by atoms with Crippen molar-refractivity contribution in [2.45, 2.75) is 38.6 Å². The summed E-state index contributed by atoms with van der Waals surface area (Å²) in [6.45, 7) is 7.02. The maximum atomic E-state index is 14.1. The van der Waals surface area contributed by atoms with E-state index in [0.717, 1.165) is 31.9 Å². The number of aromatic nitrogens is 1. The number of fused-ring (bicyclic) bond motifs is 2. The first kappa shape index (κ1) is 28.6. The lowest BCUT2D eigenvalue weighted by atomic mass is 10.00. The Labute approximate surface area is 255 Å². The molecule has 0 saturated carbocycles. The summed E-state index contributed by atoms with van der Waals surface area (Å²) in [5, 5.41) is 7.28. The Hall–Kier alpha value is -4.54. The number of rotatable bonds is 9. The molecule has 10 heteroatoms. The van der Waals surface area contributed by atoms with Gasteiger partial charge in [-0.3, -0.25) is 14.6 Å². The highest BCUT2D eigenvalue weighted by atomic mass is 32.1. The molecule has 2 aliphatic rings. The Balaban J connectivity index is 1.31. The second-order valence-electron chi connectivity index (χ2n) is 10.8. The summed E-state index contributed by atoms with van der Waals surface area (Å²) in [5.41, 5.74) is 3.79. The normalized spacial score (nSPS) is 18.6. The minimum absolute atomic E-state index is 0.00939. The van der Waals surface area contributed by atoms with Crippen LogP contribution in [0, 0.1) is 6.92 Å². The van der Waals surface area contributed by atoms with E-state index >= 15 is 0 Å². The van der Waals surface area contributed by atoms with E-state index in [0.29, 0.717) is 19.5 Å². The molecule has 9 nitrogen and oxygen atoms in total. The second-order valence-corrected chi connectivity index (χ2v) is 12.1. The molecule has 0 bridgehead atoms. The second kappa shape index (κ2) is 12.4. The van der Waals surface area contributed by atoms with Crippen LogP contribution >= 0.6 is 11.3 Å². The van der Waals surface area contributed by atoms with E-state index in [4.69, 9.17) is 4.98 Å². The van der Waals surface area contributed by atoms with E-state index in [1.165, 1.54) is 5.01 Å². The number of amides is 4. The predicted molar refractivity (Wildman–Crippen MR) is 167 cm³/mol. The van der Waals surface area contributed by atoms with Gasteiger partial charge in [0.1, 0.15) is 12.2 Å². The van der Waals surface area contributed by atoms with Gasteiger partial charge in [0.15, 0.2) is 0 Å². The lowest BCUT2D eigenvalue weighted by molar-refractivity contribution is -0.157. The summed E-state index contributed by atoms with van der Waals surface area (Å²) in [6.07, 6.45) is 1.51. The topological polar surface area (TPSA) is 89.1 Å². The van der Waals surface area contributed by atoms with Gasteiger partial charge in [-0.2, -0.15) is 5.01 Å². The molecule has 1 N–H and O–H groups in total. The summed E-state index contributed by atoms with van der Waals surface area (Å²) in [7, 11) is 0. The first-order valence-electron chi connectivity index (χ1n) is 14.4. The minimum atomic E-state index is -0.701. The average molecular weight is 595 g/mol. The molecule has 0 spiro atoms. The molecule has 2 saturated heterocycles. The minimum Gasteiger partial charge on any atom is -0.333 e.